The highest BCUT2D eigenvalue weighted by Gasteiger charge is 2.05. The van der Waals surface area contributed by atoms with Crippen molar-refractivity contribution in [2.24, 2.45) is 11.7 Å². The molecule has 0 bridgehead atoms. The van der Waals surface area contributed by atoms with Gasteiger partial charge < -0.3 is 20.4 Å². The molecule has 0 aliphatic carbocycles. The number of unbranched alkanes of at least 4 members (excludes halogenated alkanes) is 10. The molecule has 1 atom stereocenters. The first-order valence-corrected chi connectivity index (χ1v) is 11.4. The van der Waals surface area contributed by atoms with Crippen LogP contribution in [0, 0.1) is 5.92 Å². The van der Waals surface area contributed by atoms with E-state index in [4.69, 9.17) is 25.0 Å². The van der Waals surface area contributed by atoms with Crippen LogP contribution in [0.2, 0.25) is 0 Å². The molecule has 5 nitrogen and oxygen atoms in total. The Labute approximate surface area is 149 Å². The molecule has 0 fully saturated rings. The summed E-state index contributed by atoms with van der Waals surface area (Å²) in [6.07, 6.45) is 19.7. The summed E-state index contributed by atoms with van der Waals surface area (Å²) in [5.74, 6) is 0.800. The van der Waals surface area contributed by atoms with Crippen molar-refractivity contribution >= 4 is 7.82 Å². The highest BCUT2D eigenvalue weighted by molar-refractivity contribution is 7.45. The van der Waals surface area contributed by atoms with Crippen LogP contribution in [0.4, 0.5) is 0 Å². The average Bonchev–Trinajstić information content (AvgIpc) is 2.50. The zero-order valence-corrected chi connectivity index (χ0v) is 16.9. The Morgan fingerprint density at radius 2 is 1.04 bits per heavy atom. The maximum absolute atomic E-state index is 8.88. The van der Waals surface area contributed by atoms with E-state index in [-0.39, 0.29) is 0 Å². The zero-order valence-electron chi connectivity index (χ0n) is 16.0. The molecular weight excluding hydrogens is 325 g/mol. The highest BCUT2D eigenvalue weighted by Crippen LogP contribution is 2.25. The molecule has 0 amide bonds. The fourth-order valence-electron chi connectivity index (χ4n) is 2.79. The second kappa shape index (κ2) is 19.4. The number of hydrogen-bond donors (Lipinski definition) is 4. The summed E-state index contributed by atoms with van der Waals surface area (Å²) < 4.78 is 8.88. The summed E-state index contributed by atoms with van der Waals surface area (Å²) in [4.78, 5) is 21.6. The monoisotopic (exact) mass is 367 g/mol. The van der Waals surface area contributed by atoms with Crippen molar-refractivity contribution in [1.82, 2.24) is 0 Å². The molecule has 0 saturated heterocycles. The molecule has 0 aromatic heterocycles. The predicted octanol–water partition coefficient (Wildman–Crippen LogP) is 5.13. The Morgan fingerprint density at radius 3 is 1.42 bits per heavy atom. The highest BCUT2D eigenvalue weighted by atomic mass is 31.2. The lowest BCUT2D eigenvalue weighted by atomic mass is 9.95. The van der Waals surface area contributed by atoms with Gasteiger partial charge in [-0.3, -0.25) is 0 Å². The first-order chi connectivity index (χ1) is 11.3. The minimum atomic E-state index is -4.64. The van der Waals surface area contributed by atoms with Gasteiger partial charge >= 0.3 is 7.82 Å². The lowest BCUT2D eigenvalue weighted by Crippen LogP contribution is -2.14. The molecule has 0 aliphatic rings. The quantitative estimate of drug-likeness (QED) is 0.237. The lowest BCUT2D eigenvalue weighted by Gasteiger charge is -2.13. The van der Waals surface area contributed by atoms with Gasteiger partial charge in [0.2, 0.25) is 0 Å². The molecule has 24 heavy (non-hydrogen) atoms. The van der Waals surface area contributed by atoms with Crippen LogP contribution >= 0.6 is 7.82 Å². The second-order valence-electron chi connectivity index (χ2n) is 6.73. The number of rotatable bonds is 15. The van der Waals surface area contributed by atoms with Gasteiger partial charge in [-0.05, 0) is 25.3 Å². The smallest absolute Gasteiger partial charge is 0.330 e. The molecule has 0 saturated carbocycles. The molecule has 0 aliphatic heterocycles. The van der Waals surface area contributed by atoms with Gasteiger partial charge in [-0.2, -0.15) is 0 Å². The van der Waals surface area contributed by atoms with Crippen LogP contribution in [0.15, 0.2) is 0 Å². The van der Waals surface area contributed by atoms with Crippen molar-refractivity contribution in [3.63, 3.8) is 0 Å². The third-order valence-corrected chi connectivity index (χ3v) is 4.27. The summed E-state index contributed by atoms with van der Waals surface area (Å²) in [6.45, 7) is 5.46. The van der Waals surface area contributed by atoms with Gasteiger partial charge in [0.15, 0.2) is 0 Å². The van der Waals surface area contributed by atoms with E-state index in [2.05, 4.69) is 13.8 Å². The van der Waals surface area contributed by atoms with Crippen molar-refractivity contribution in [3.8, 4) is 0 Å². The van der Waals surface area contributed by atoms with E-state index in [1.807, 2.05) is 0 Å². The maximum atomic E-state index is 8.88. The fraction of sp³-hybridized carbons (Fsp3) is 1.00. The van der Waals surface area contributed by atoms with Crippen LogP contribution in [-0.2, 0) is 4.57 Å². The van der Waals surface area contributed by atoms with Crippen molar-refractivity contribution in [3.05, 3.63) is 0 Å². The second-order valence-corrected chi connectivity index (χ2v) is 7.75. The number of phosphoric acid groups is 1. The van der Waals surface area contributed by atoms with E-state index in [0.29, 0.717) is 0 Å². The molecule has 0 radical (unpaired) electrons. The van der Waals surface area contributed by atoms with Crippen LogP contribution < -0.4 is 5.73 Å². The van der Waals surface area contributed by atoms with Crippen LogP contribution in [0.25, 0.3) is 0 Å². The van der Waals surface area contributed by atoms with Gasteiger partial charge in [0.1, 0.15) is 0 Å². The predicted molar refractivity (Wildman–Crippen MR) is 103 cm³/mol. The van der Waals surface area contributed by atoms with Crippen LogP contribution in [-0.4, -0.2) is 21.2 Å². The molecule has 0 heterocycles. The van der Waals surface area contributed by atoms with Crippen LogP contribution in [0.3, 0.4) is 0 Å². The Bertz CT molecular complexity index is 276. The SMILES string of the molecule is CCCCCCCCCCCCC(CN)CCCC.O=P(O)(O)O. The summed E-state index contributed by atoms with van der Waals surface area (Å²) in [5, 5.41) is 0. The van der Waals surface area contributed by atoms with Crippen molar-refractivity contribution < 1.29 is 19.2 Å². The van der Waals surface area contributed by atoms with E-state index in [1.165, 1.54) is 89.9 Å². The molecule has 0 spiro atoms. The normalized spacial score (nSPS) is 12.6. The van der Waals surface area contributed by atoms with E-state index < -0.39 is 7.82 Å². The molecule has 6 heteroatoms. The molecule has 148 valence electrons. The van der Waals surface area contributed by atoms with Crippen molar-refractivity contribution in [2.45, 2.75) is 104 Å². The Balaban J connectivity index is 0. The minimum absolute atomic E-state index is 0.800. The Morgan fingerprint density at radius 1 is 0.708 bits per heavy atom. The van der Waals surface area contributed by atoms with E-state index in [1.54, 1.807) is 0 Å². The standard InChI is InChI=1S/C18H39N.H3O4P/c1-3-5-7-8-9-10-11-12-13-14-16-18(17-19)15-6-4-2;1-5(2,3)4/h18H,3-17,19H2,1-2H3;(H3,1,2,3,4). The Hall–Kier alpha value is 0.0700. The van der Waals surface area contributed by atoms with E-state index in [0.717, 1.165) is 12.5 Å². The third-order valence-electron chi connectivity index (χ3n) is 4.27. The first-order valence-electron chi connectivity index (χ1n) is 9.83. The van der Waals surface area contributed by atoms with Crippen molar-refractivity contribution in [1.29, 1.82) is 0 Å². The largest absolute Gasteiger partial charge is 0.466 e. The molecule has 0 aromatic carbocycles. The lowest BCUT2D eigenvalue weighted by molar-refractivity contribution is 0.275. The number of nitrogens with two attached hydrogens (primary N) is 1. The van der Waals surface area contributed by atoms with Crippen LogP contribution in [0.1, 0.15) is 104 Å². The first kappa shape index (κ1) is 26.3. The summed E-state index contributed by atoms with van der Waals surface area (Å²) in [7, 11) is -4.64. The van der Waals surface area contributed by atoms with Crippen LogP contribution in [0.5, 0.6) is 0 Å². The summed E-state index contributed by atoms with van der Waals surface area (Å²) >= 11 is 0. The zero-order chi connectivity index (χ0) is 18.7. The van der Waals surface area contributed by atoms with Crippen molar-refractivity contribution in [2.75, 3.05) is 6.54 Å². The average molecular weight is 368 g/mol. The topological polar surface area (TPSA) is 104 Å². The maximum Gasteiger partial charge on any atom is 0.466 e. The minimum Gasteiger partial charge on any atom is -0.330 e. The van der Waals surface area contributed by atoms with Gasteiger partial charge in [-0.15, -0.1) is 0 Å². The molecule has 0 aromatic rings. The molecular formula is C18H42NO4P. The Kier molecular flexibility index (Phi) is 21.3. The molecule has 5 N–H and O–H groups in total. The summed E-state index contributed by atoms with van der Waals surface area (Å²) in [6, 6.07) is 0. The fourth-order valence-corrected chi connectivity index (χ4v) is 2.79. The number of hydrogen-bond acceptors (Lipinski definition) is 2. The van der Waals surface area contributed by atoms with Gasteiger partial charge in [0.25, 0.3) is 0 Å². The van der Waals surface area contributed by atoms with Gasteiger partial charge in [0.05, 0.1) is 0 Å². The molecule has 1 unspecified atom stereocenters. The summed E-state index contributed by atoms with van der Waals surface area (Å²) in [5.41, 5.74) is 5.83. The van der Waals surface area contributed by atoms with Gasteiger partial charge in [-0.25, -0.2) is 4.57 Å². The van der Waals surface area contributed by atoms with Gasteiger partial charge in [-0.1, -0.05) is 90.9 Å². The van der Waals surface area contributed by atoms with E-state index >= 15 is 0 Å². The van der Waals surface area contributed by atoms with Gasteiger partial charge in [0, 0.05) is 0 Å². The molecule has 0 rings (SSSR count). The van der Waals surface area contributed by atoms with E-state index in [9.17, 15) is 0 Å². The third kappa shape index (κ3) is 30.0.